The average molecular weight is 279 g/mol. The molecular weight excluding hydrogens is 262 g/mol. The minimum Gasteiger partial charge on any atom is -0.493 e. The van der Waals surface area contributed by atoms with Crippen LogP contribution in [0.2, 0.25) is 0 Å². The molecule has 0 amide bonds. The Kier molecular flexibility index (Phi) is 4.39. The zero-order valence-corrected chi connectivity index (χ0v) is 11.5. The van der Waals surface area contributed by atoms with Crippen LogP contribution < -0.4 is 9.47 Å². The van der Waals surface area contributed by atoms with E-state index in [1.54, 1.807) is 31.1 Å². The molecule has 1 heterocycles. The van der Waals surface area contributed by atoms with Crippen LogP contribution in [0.1, 0.15) is 19.3 Å². The van der Waals surface area contributed by atoms with Crippen molar-refractivity contribution < 1.29 is 19.4 Å². The molecule has 0 unspecified atom stereocenters. The number of benzene rings is 1. The van der Waals surface area contributed by atoms with Gasteiger partial charge < -0.3 is 14.6 Å². The maximum Gasteiger partial charge on any atom is 0.303 e. The van der Waals surface area contributed by atoms with Crippen LogP contribution in [0.25, 0.3) is 11.0 Å². The van der Waals surface area contributed by atoms with E-state index in [2.05, 4.69) is 10.2 Å². The van der Waals surface area contributed by atoms with Crippen molar-refractivity contribution in [1.29, 1.82) is 0 Å². The molecule has 0 saturated carbocycles. The topological polar surface area (TPSA) is 86.5 Å². The molecule has 108 valence electrons. The third-order valence-corrected chi connectivity index (χ3v) is 2.93. The molecule has 0 bridgehead atoms. The fraction of sp³-hybridized carbons (Fsp3) is 0.462. The molecule has 1 aromatic carbocycles. The Morgan fingerprint density at radius 3 is 2.15 bits per heavy atom. The van der Waals surface area contributed by atoms with Gasteiger partial charge in [0.2, 0.25) is 0 Å². The number of aryl methyl sites for hydroxylation is 1. The molecule has 2 rings (SSSR count). The van der Waals surface area contributed by atoms with Gasteiger partial charge >= 0.3 is 5.97 Å². The van der Waals surface area contributed by atoms with Crippen LogP contribution in [0, 0.1) is 0 Å². The lowest BCUT2D eigenvalue weighted by Crippen LogP contribution is -2.03. The summed E-state index contributed by atoms with van der Waals surface area (Å²) in [5.74, 6) is 0.439. The van der Waals surface area contributed by atoms with Crippen LogP contribution >= 0.6 is 0 Å². The van der Waals surface area contributed by atoms with Gasteiger partial charge in [-0.25, -0.2) is 0 Å². The van der Waals surface area contributed by atoms with Crippen molar-refractivity contribution in [3.05, 3.63) is 12.1 Å². The second kappa shape index (κ2) is 6.23. The first kappa shape index (κ1) is 14.1. The Bertz CT molecular complexity index is 568. The number of carboxylic acids is 1. The van der Waals surface area contributed by atoms with Crippen LogP contribution in [-0.2, 0) is 11.3 Å². The maximum absolute atomic E-state index is 10.4. The van der Waals surface area contributed by atoms with E-state index in [1.165, 1.54) is 0 Å². The number of unbranched alkanes of at least 4 members (excludes halogenated alkanes) is 1. The summed E-state index contributed by atoms with van der Waals surface area (Å²) in [7, 11) is 3.14. The van der Waals surface area contributed by atoms with Crippen molar-refractivity contribution in [1.82, 2.24) is 15.0 Å². The summed E-state index contributed by atoms with van der Waals surface area (Å²) in [6.07, 6.45) is 1.50. The van der Waals surface area contributed by atoms with Gasteiger partial charge in [-0.3, -0.25) is 4.79 Å². The minimum atomic E-state index is -0.780. The number of hydrogen-bond acceptors (Lipinski definition) is 5. The molecule has 0 radical (unpaired) electrons. The summed E-state index contributed by atoms with van der Waals surface area (Å²) in [6, 6.07) is 3.55. The third kappa shape index (κ3) is 3.17. The van der Waals surface area contributed by atoms with E-state index >= 15 is 0 Å². The van der Waals surface area contributed by atoms with Crippen LogP contribution in [-0.4, -0.2) is 40.3 Å². The highest BCUT2D eigenvalue weighted by molar-refractivity contribution is 5.78. The first-order valence-electron chi connectivity index (χ1n) is 6.32. The molecule has 0 aliphatic heterocycles. The highest BCUT2D eigenvalue weighted by Crippen LogP contribution is 2.30. The van der Waals surface area contributed by atoms with Gasteiger partial charge in [0.15, 0.2) is 11.5 Å². The monoisotopic (exact) mass is 279 g/mol. The van der Waals surface area contributed by atoms with E-state index in [0.717, 1.165) is 17.5 Å². The second-order valence-electron chi connectivity index (χ2n) is 4.34. The molecule has 1 N–H and O–H groups in total. The Morgan fingerprint density at radius 2 is 1.70 bits per heavy atom. The molecule has 0 aliphatic carbocycles. The number of rotatable bonds is 7. The largest absolute Gasteiger partial charge is 0.493 e. The van der Waals surface area contributed by atoms with Gasteiger partial charge in [0, 0.05) is 18.6 Å². The summed E-state index contributed by atoms with van der Waals surface area (Å²) < 4.78 is 10.4. The van der Waals surface area contributed by atoms with E-state index in [9.17, 15) is 4.79 Å². The van der Waals surface area contributed by atoms with E-state index in [-0.39, 0.29) is 6.42 Å². The van der Waals surface area contributed by atoms with Crippen LogP contribution in [0.15, 0.2) is 12.1 Å². The normalized spacial score (nSPS) is 10.7. The lowest BCUT2D eigenvalue weighted by molar-refractivity contribution is -0.137. The van der Waals surface area contributed by atoms with E-state index in [1.807, 2.05) is 0 Å². The summed E-state index contributed by atoms with van der Waals surface area (Å²) in [5.41, 5.74) is 1.45. The van der Waals surface area contributed by atoms with Crippen LogP contribution in [0.4, 0.5) is 0 Å². The van der Waals surface area contributed by atoms with Gasteiger partial charge in [0.1, 0.15) is 11.0 Å². The third-order valence-electron chi connectivity index (χ3n) is 2.93. The number of fused-ring (bicyclic) bond motifs is 1. The van der Waals surface area contributed by atoms with E-state index in [0.29, 0.717) is 24.5 Å². The number of carbonyl (C=O) groups is 1. The number of ether oxygens (including phenoxy) is 2. The predicted octanol–water partition coefficient (Wildman–Crippen LogP) is 1.70. The Balaban J connectivity index is 2.10. The van der Waals surface area contributed by atoms with E-state index < -0.39 is 5.97 Å². The number of methoxy groups -OCH3 is 2. The van der Waals surface area contributed by atoms with Crippen molar-refractivity contribution in [2.24, 2.45) is 0 Å². The van der Waals surface area contributed by atoms with Gasteiger partial charge in [-0.05, 0) is 12.8 Å². The van der Waals surface area contributed by atoms with Crippen molar-refractivity contribution >= 4 is 17.0 Å². The fourth-order valence-electron chi connectivity index (χ4n) is 1.92. The zero-order valence-electron chi connectivity index (χ0n) is 11.5. The quantitative estimate of drug-likeness (QED) is 0.776. The van der Waals surface area contributed by atoms with Crippen molar-refractivity contribution in [3.8, 4) is 11.5 Å². The number of aliphatic carboxylic acids is 1. The maximum atomic E-state index is 10.4. The van der Waals surface area contributed by atoms with Gasteiger partial charge in [-0.1, -0.05) is 0 Å². The first-order chi connectivity index (χ1) is 9.63. The minimum absolute atomic E-state index is 0.169. The van der Waals surface area contributed by atoms with Crippen LogP contribution in [0.3, 0.4) is 0 Å². The Hall–Kier alpha value is -2.31. The summed E-state index contributed by atoms with van der Waals surface area (Å²) in [5, 5.41) is 17.2. The lowest BCUT2D eigenvalue weighted by atomic mass is 10.2. The summed E-state index contributed by atoms with van der Waals surface area (Å²) >= 11 is 0. The summed E-state index contributed by atoms with van der Waals surface area (Å²) in [6.45, 7) is 0.590. The molecular formula is C13H17N3O4. The van der Waals surface area contributed by atoms with Gasteiger partial charge in [0.05, 0.1) is 20.8 Å². The Morgan fingerprint density at radius 1 is 1.15 bits per heavy atom. The van der Waals surface area contributed by atoms with Gasteiger partial charge in [0.25, 0.3) is 0 Å². The number of nitrogens with zero attached hydrogens (tertiary/aromatic N) is 3. The van der Waals surface area contributed by atoms with Crippen molar-refractivity contribution in [2.45, 2.75) is 25.8 Å². The molecule has 20 heavy (non-hydrogen) atoms. The molecule has 7 nitrogen and oxygen atoms in total. The molecule has 2 aromatic rings. The van der Waals surface area contributed by atoms with Gasteiger partial charge in [-0.2, -0.15) is 15.0 Å². The highest BCUT2D eigenvalue weighted by atomic mass is 16.5. The molecule has 0 spiro atoms. The number of carboxylic acid groups (broad SMARTS) is 1. The van der Waals surface area contributed by atoms with Crippen LogP contribution in [0.5, 0.6) is 11.5 Å². The SMILES string of the molecule is COc1cc2nn(CCCCC(=O)O)nc2cc1OC. The zero-order chi connectivity index (χ0) is 14.5. The Labute approximate surface area is 116 Å². The molecule has 7 heteroatoms. The van der Waals surface area contributed by atoms with Crippen molar-refractivity contribution in [2.75, 3.05) is 14.2 Å². The molecule has 1 aromatic heterocycles. The fourth-order valence-corrected chi connectivity index (χ4v) is 1.92. The molecule has 0 atom stereocenters. The predicted molar refractivity (Wildman–Crippen MR) is 72.1 cm³/mol. The van der Waals surface area contributed by atoms with E-state index in [4.69, 9.17) is 14.6 Å². The lowest BCUT2D eigenvalue weighted by Gasteiger charge is -2.05. The second-order valence-corrected chi connectivity index (χ2v) is 4.34. The average Bonchev–Trinajstić information content (AvgIpc) is 2.83. The number of aromatic nitrogens is 3. The standard InChI is InChI=1S/C13H17N3O4/c1-19-11-7-9-10(8-12(11)20-2)15-16(14-9)6-4-3-5-13(17)18/h7-8H,3-6H2,1-2H3,(H,17,18). The first-order valence-corrected chi connectivity index (χ1v) is 6.32. The molecule has 0 saturated heterocycles. The molecule has 0 aliphatic rings. The highest BCUT2D eigenvalue weighted by Gasteiger charge is 2.10. The smallest absolute Gasteiger partial charge is 0.303 e. The summed E-state index contributed by atoms with van der Waals surface area (Å²) in [4.78, 5) is 12.0. The van der Waals surface area contributed by atoms with Gasteiger partial charge in [-0.15, -0.1) is 0 Å². The molecule has 0 fully saturated rings. The van der Waals surface area contributed by atoms with Crippen molar-refractivity contribution in [3.63, 3.8) is 0 Å². The number of hydrogen-bond donors (Lipinski definition) is 1.